The van der Waals surface area contributed by atoms with Crippen molar-refractivity contribution in [1.82, 2.24) is 0 Å². The first-order valence-corrected chi connectivity index (χ1v) is 8.15. The van der Waals surface area contributed by atoms with E-state index in [4.69, 9.17) is 9.47 Å². The third kappa shape index (κ3) is 4.68. The van der Waals surface area contributed by atoms with Gasteiger partial charge in [-0.3, -0.25) is 0 Å². The molecule has 0 aliphatic heterocycles. The Morgan fingerprint density at radius 2 is 1.83 bits per heavy atom. The molecule has 0 atom stereocenters. The summed E-state index contributed by atoms with van der Waals surface area (Å²) in [5.41, 5.74) is 0. The van der Waals surface area contributed by atoms with Crippen molar-refractivity contribution >= 4 is 25.8 Å². The minimum absolute atomic E-state index is 0.175. The second-order valence-corrected chi connectivity index (χ2v) is 6.53. The van der Waals surface area contributed by atoms with Crippen LogP contribution in [-0.2, 0) is 19.3 Å². The molecule has 102 valence electrons. The first kappa shape index (κ1) is 15.6. The number of rotatable bonds is 7. The molecule has 0 bridgehead atoms. The predicted octanol–water partition coefficient (Wildman–Crippen LogP) is 2.62. The maximum absolute atomic E-state index is 12.2. The van der Waals surface area contributed by atoms with Crippen molar-refractivity contribution in [1.29, 1.82) is 0 Å². The van der Waals surface area contributed by atoms with Crippen LogP contribution in [0.5, 0.6) is 0 Å². The molecule has 0 aromatic heterocycles. The first-order chi connectivity index (χ1) is 8.49. The number of ether oxygens (including phenoxy) is 2. The fraction of sp³-hybridized carbons (Fsp3) is 0.500. The summed E-state index contributed by atoms with van der Waals surface area (Å²) in [6, 6.07) is 6.61. The third-order valence-corrected chi connectivity index (χ3v) is 4.39. The molecule has 0 aliphatic carbocycles. The lowest BCUT2D eigenvalue weighted by Gasteiger charge is -2.16. The highest BCUT2D eigenvalue weighted by Crippen LogP contribution is 2.18. The molecule has 1 aromatic rings. The third-order valence-electron chi connectivity index (χ3n) is 2.22. The van der Waals surface area contributed by atoms with Crippen molar-refractivity contribution in [3.8, 4) is 0 Å². The molecule has 0 amide bonds. The predicted molar refractivity (Wildman–Crippen MR) is 73.2 cm³/mol. The van der Waals surface area contributed by atoms with Gasteiger partial charge in [0.15, 0.2) is 16.1 Å². The van der Waals surface area contributed by atoms with Crippen LogP contribution in [0.3, 0.4) is 0 Å². The highest BCUT2D eigenvalue weighted by atomic mass is 79.9. The van der Waals surface area contributed by atoms with Crippen LogP contribution < -0.4 is 0 Å². The van der Waals surface area contributed by atoms with E-state index >= 15 is 0 Å². The zero-order valence-corrected chi connectivity index (χ0v) is 12.8. The molecular weight excluding hydrogens is 320 g/mol. The lowest BCUT2D eigenvalue weighted by Crippen LogP contribution is -2.27. The summed E-state index contributed by atoms with van der Waals surface area (Å²) >= 11 is 3.26. The van der Waals surface area contributed by atoms with Gasteiger partial charge in [-0.1, -0.05) is 22.0 Å². The van der Waals surface area contributed by atoms with Crippen LogP contribution in [0.15, 0.2) is 33.6 Å². The molecule has 1 rings (SSSR count). The van der Waals surface area contributed by atoms with E-state index in [0.717, 1.165) is 4.47 Å². The van der Waals surface area contributed by atoms with Crippen LogP contribution in [0.4, 0.5) is 0 Å². The smallest absolute Gasteiger partial charge is 0.183 e. The molecule has 0 heterocycles. The Balaban J connectivity index is 2.86. The van der Waals surface area contributed by atoms with E-state index in [1.165, 1.54) is 0 Å². The molecule has 0 aliphatic rings. The number of halogens is 1. The zero-order chi connectivity index (χ0) is 13.6. The van der Waals surface area contributed by atoms with Gasteiger partial charge in [0.25, 0.3) is 0 Å². The van der Waals surface area contributed by atoms with Crippen molar-refractivity contribution in [2.24, 2.45) is 0 Å². The summed E-state index contributed by atoms with van der Waals surface area (Å²) in [4.78, 5) is 0.265. The SMILES string of the molecule is CCOC(CS(=O)(=O)c1cccc(Br)c1)OCC. The number of benzene rings is 1. The van der Waals surface area contributed by atoms with Crippen LogP contribution >= 0.6 is 15.9 Å². The van der Waals surface area contributed by atoms with Crippen LogP contribution in [0, 0.1) is 0 Å². The van der Waals surface area contributed by atoms with E-state index in [9.17, 15) is 8.42 Å². The molecular formula is C12H17BrO4S. The topological polar surface area (TPSA) is 52.6 Å². The van der Waals surface area contributed by atoms with E-state index in [1.54, 1.807) is 38.1 Å². The average molecular weight is 337 g/mol. The Bertz CT molecular complexity index is 467. The minimum atomic E-state index is -3.41. The Morgan fingerprint density at radius 3 is 2.33 bits per heavy atom. The normalized spacial score (nSPS) is 12.0. The largest absolute Gasteiger partial charge is 0.352 e. The highest BCUT2D eigenvalue weighted by molar-refractivity contribution is 9.10. The molecule has 4 nitrogen and oxygen atoms in total. The first-order valence-electron chi connectivity index (χ1n) is 5.71. The summed E-state index contributed by atoms with van der Waals surface area (Å²) in [7, 11) is -3.41. The maximum atomic E-state index is 12.2. The van der Waals surface area contributed by atoms with Crippen molar-refractivity contribution in [3.63, 3.8) is 0 Å². The quantitative estimate of drug-likeness (QED) is 0.718. The van der Waals surface area contributed by atoms with Gasteiger partial charge in [-0.05, 0) is 32.0 Å². The molecule has 0 N–H and O–H groups in total. The average Bonchev–Trinajstić information content (AvgIpc) is 2.29. The van der Waals surface area contributed by atoms with Gasteiger partial charge in [-0.15, -0.1) is 0 Å². The van der Waals surface area contributed by atoms with E-state index < -0.39 is 16.1 Å². The van der Waals surface area contributed by atoms with Crippen LogP contribution in [0.2, 0.25) is 0 Å². The fourth-order valence-electron chi connectivity index (χ4n) is 1.45. The van der Waals surface area contributed by atoms with E-state index in [2.05, 4.69) is 15.9 Å². The van der Waals surface area contributed by atoms with E-state index in [0.29, 0.717) is 13.2 Å². The number of hydrogen-bond acceptors (Lipinski definition) is 4. The van der Waals surface area contributed by atoms with Gasteiger partial charge < -0.3 is 9.47 Å². The molecule has 18 heavy (non-hydrogen) atoms. The Kier molecular flexibility index (Phi) is 6.28. The summed E-state index contributed by atoms with van der Waals surface area (Å²) in [6.45, 7) is 4.44. The number of hydrogen-bond donors (Lipinski definition) is 0. The van der Waals surface area contributed by atoms with E-state index in [-0.39, 0.29) is 10.6 Å². The van der Waals surface area contributed by atoms with Crippen molar-refractivity contribution in [3.05, 3.63) is 28.7 Å². The second-order valence-electron chi connectivity index (χ2n) is 3.58. The molecule has 0 unspecified atom stereocenters. The van der Waals surface area contributed by atoms with Gasteiger partial charge in [0.2, 0.25) is 0 Å². The summed E-state index contributed by atoms with van der Waals surface area (Å²) in [5, 5.41) is 0. The Morgan fingerprint density at radius 1 is 1.22 bits per heavy atom. The molecule has 1 aromatic carbocycles. The van der Waals surface area contributed by atoms with Gasteiger partial charge in [0.05, 0.1) is 4.90 Å². The molecule has 0 fully saturated rings. The maximum Gasteiger partial charge on any atom is 0.183 e. The molecule has 6 heteroatoms. The highest BCUT2D eigenvalue weighted by Gasteiger charge is 2.22. The lowest BCUT2D eigenvalue weighted by molar-refractivity contribution is -0.120. The minimum Gasteiger partial charge on any atom is -0.352 e. The number of sulfone groups is 1. The second kappa shape index (κ2) is 7.23. The zero-order valence-electron chi connectivity index (χ0n) is 10.4. The van der Waals surface area contributed by atoms with Crippen LogP contribution in [0.25, 0.3) is 0 Å². The van der Waals surface area contributed by atoms with Gasteiger partial charge in [-0.2, -0.15) is 0 Å². The van der Waals surface area contributed by atoms with Crippen molar-refractivity contribution in [2.45, 2.75) is 25.0 Å². The molecule has 0 saturated heterocycles. The summed E-state index contributed by atoms with van der Waals surface area (Å²) < 4.78 is 35.6. The van der Waals surface area contributed by atoms with Gasteiger partial charge in [0.1, 0.15) is 5.75 Å². The molecule has 0 radical (unpaired) electrons. The van der Waals surface area contributed by atoms with Crippen molar-refractivity contribution in [2.75, 3.05) is 19.0 Å². The monoisotopic (exact) mass is 336 g/mol. The van der Waals surface area contributed by atoms with Crippen LogP contribution in [0.1, 0.15) is 13.8 Å². The van der Waals surface area contributed by atoms with Crippen LogP contribution in [-0.4, -0.2) is 33.7 Å². The van der Waals surface area contributed by atoms with Gasteiger partial charge in [0, 0.05) is 17.7 Å². The fourth-order valence-corrected chi connectivity index (χ4v) is 3.34. The van der Waals surface area contributed by atoms with Crippen molar-refractivity contribution < 1.29 is 17.9 Å². The van der Waals surface area contributed by atoms with Gasteiger partial charge in [-0.25, -0.2) is 8.42 Å². The lowest BCUT2D eigenvalue weighted by atomic mass is 10.4. The Labute approximate surface area is 116 Å². The summed E-state index contributed by atoms with van der Waals surface area (Å²) in [5.74, 6) is -0.175. The summed E-state index contributed by atoms with van der Waals surface area (Å²) in [6.07, 6.45) is -0.719. The van der Waals surface area contributed by atoms with Gasteiger partial charge >= 0.3 is 0 Å². The molecule has 0 spiro atoms. The molecule has 0 saturated carbocycles. The Hall–Kier alpha value is -0.430. The van der Waals surface area contributed by atoms with E-state index in [1.807, 2.05) is 0 Å². The standard InChI is InChI=1S/C12H17BrO4S/c1-3-16-12(17-4-2)9-18(14,15)11-7-5-6-10(13)8-11/h5-8,12H,3-4,9H2,1-2H3.